The van der Waals surface area contributed by atoms with Crippen LogP contribution in [-0.2, 0) is 0 Å². The van der Waals surface area contributed by atoms with Crippen molar-refractivity contribution >= 4 is 16.7 Å². The fourth-order valence-corrected chi connectivity index (χ4v) is 3.43. The maximum Gasteiger partial charge on any atom is 0.323 e. The van der Waals surface area contributed by atoms with E-state index in [2.05, 4.69) is 27.1 Å². The predicted octanol–water partition coefficient (Wildman–Crippen LogP) is 1.89. The number of aromatic nitrogens is 2. The maximum absolute atomic E-state index is 11.3. The fraction of sp³-hybridized carbons (Fsp3) is 0.533. The van der Waals surface area contributed by atoms with Crippen molar-refractivity contribution in [1.82, 2.24) is 14.9 Å². The second-order valence-corrected chi connectivity index (χ2v) is 6.19. The lowest BCUT2D eigenvalue weighted by Gasteiger charge is -2.20. The van der Waals surface area contributed by atoms with Crippen molar-refractivity contribution in [3.63, 3.8) is 0 Å². The normalized spacial score (nSPS) is 27.2. The van der Waals surface area contributed by atoms with Crippen molar-refractivity contribution < 1.29 is 0 Å². The van der Waals surface area contributed by atoms with E-state index in [0.29, 0.717) is 12.1 Å². The highest BCUT2D eigenvalue weighted by atomic mass is 16.1. The number of fused-ring (bicyclic) bond motifs is 1. The molecule has 106 valence electrons. The molecular formula is C15H20N4O. The summed E-state index contributed by atoms with van der Waals surface area (Å²) in [4.78, 5) is 19.5. The van der Waals surface area contributed by atoms with E-state index in [1.165, 1.54) is 19.3 Å². The van der Waals surface area contributed by atoms with Crippen LogP contribution in [0.5, 0.6) is 0 Å². The van der Waals surface area contributed by atoms with Crippen LogP contribution in [0.1, 0.15) is 26.2 Å². The summed E-state index contributed by atoms with van der Waals surface area (Å²) in [5, 5.41) is 3.61. The predicted molar refractivity (Wildman–Crippen MR) is 80.1 cm³/mol. The van der Waals surface area contributed by atoms with E-state index in [-0.39, 0.29) is 5.69 Å². The summed E-state index contributed by atoms with van der Waals surface area (Å²) in [6.07, 6.45) is 3.93. The van der Waals surface area contributed by atoms with Crippen LogP contribution in [-0.4, -0.2) is 39.5 Å². The lowest BCUT2D eigenvalue weighted by atomic mass is 10.2. The molecule has 0 radical (unpaired) electrons. The van der Waals surface area contributed by atoms with Gasteiger partial charge in [-0.25, -0.2) is 4.79 Å². The zero-order chi connectivity index (χ0) is 13.7. The highest BCUT2D eigenvalue weighted by molar-refractivity contribution is 5.78. The Morgan fingerprint density at radius 3 is 2.85 bits per heavy atom. The zero-order valence-electron chi connectivity index (χ0n) is 11.6. The van der Waals surface area contributed by atoms with Crippen LogP contribution in [0.2, 0.25) is 0 Å². The number of imidazole rings is 1. The highest BCUT2D eigenvalue weighted by Gasteiger charge is 2.38. The summed E-state index contributed by atoms with van der Waals surface area (Å²) in [5.74, 6) is 0. The van der Waals surface area contributed by atoms with Gasteiger partial charge in [-0.3, -0.25) is 4.90 Å². The molecule has 1 saturated heterocycles. The Morgan fingerprint density at radius 1 is 1.25 bits per heavy atom. The van der Waals surface area contributed by atoms with Gasteiger partial charge in [0, 0.05) is 30.4 Å². The van der Waals surface area contributed by atoms with Crippen molar-refractivity contribution in [1.29, 1.82) is 0 Å². The van der Waals surface area contributed by atoms with E-state index in [0.717, 1.165) is 29.3 Å². The molecule has 0 bridgehead atoms. The Kier molecular flexibility index (Phi) is 2.63. The molecule has 0 spiro atoms. The maximum atomic E-state index is 11.3. The highest BCUT2D eigenvalue weighted by Crippen LogP contribution is 2.34. The molecule has 5 nitrogen and oxygen atoms in total. The molecule has 2 fully saturated rings. The SMILES string of the molecule is CC1CC(Nc2ccc3[nH]c(=O)[nH]c3c2)CN1C1CC1. The summed E-state index contributed by atoms with van der Waals surface area (Å²) in [6, 6.07) is 8.02. The first-order valence-electron chi connectivity index (χ1n) is 7.43. The summed E-state index contributed by atoms with van der Waals surface area (Å²) < 4.78 is 0. The van der Waals surface area contributed by atoms with Crippen LogP contribution in [0.3, 0.4) is 0 Å². The number of rotatable bonds is 3. The number of likely N-dealkylation sites (tertiary alicyclic amines) is 1. The molecule has 20 heavy (non-hydrogen) atoms. The number of nitrogens with one attached hydrogen (secondary N) is 3. The van der Waals surface area contributed by atoms with Crippen molar-refractivity contribution in [2.75, 3.05) is 11.9 Å². The first kappa shape index (κ1) is 12.0. The van der Waals surface area contributed by atoms with Gasteiger partial charge in [0.15, 0.2) is 0 Å². The lowest BCUT2D eigenvalue weighted by molar-refractivity contribution is 0.257. The van der Waals surface area contributed by atoms with Gasteiger partial charge >= 0.3 is 5.69 Å². The summed E-state index contributed by atoms with van der Waals surface area (Å²) in [5.41, 5.74) is 2.67. The molecule has 5 heteroatoms. The van der Waals surface area contributed by atoms with Gasteiger partial charge in [0.2, 0.25) is 0 Å². The standard InChI is InChI=1S/C15H20N4O/c1-9-6-11(8-19(9)12-3-4-12)16-10-2-5-13-14(7-10)18-15(20)17-13/h2,5,7,9,11-12,16H,3-4,6,8H2,1H3,(H2,17,18,20). The average Bonchev–Trinajstić information content (AvgIpc) is 3.08. The molecule has 2 aromatic rings. The van der Waals surface area contributed by atoms with E-state index in [9.17, 15) is 4.79 Å². The average molecular weight is 272 g/mol. The Balaban J connectivity index is 1.51. The number of anilines is 1. The van der Waals surface area contributed by atoms with Crippen LogP contribution >= 0.6 is 0 Å². The molecule has 1 aromatic carbocycles. The van der Waals surface area contributed by atoms with Crippen molar-refractivity contribution in [2.45, 2.75) is 44.3 Å². The molecule has 3 N–H and O–H groups in total. The van der Waals surface area contributed by atoms with Crippen LogP contribution in [0, 0.1) is 0 Å². The third-order valence-electron chi connectivity index (χ3n) is 4.53. The molecule has 4 rings (SSSR count). The van der Waals surface area contributed by atoms with Crippen LogP contribution in [0.4, 0.5) is 5.69 Å². The van der Waals surface area contributed by atoms with Gasteiger partial charge in [-0.15, -0.1) is 0 Å². The minimum absolute atomic E-state index is 0.147. The second kappa shape index (κ2) is 4.38. The topological polar surface area (TPSA) is 63.9 Å². The molecule has 1 aliphatic heterocycles. The second-order valence-electron chi connectivity index (χ2n) is 6.19. The number of aromatic amines is 2. The summed E-state index contributed by atoms with van der Waals surface area (Å²) in [7, 11) is 0. The van der Waals surface area contributed by atoms with Crippen LogP contribution in [0.25, 0.3) is 11.0 Å². The number of benzene rings is 1. The smallest absolute Gasteiger partial charge is 0.323 e. The molecule has 1 aliphatic carbocycles. The van der Waals surface area contributed by atoms with Crippen LogP contribution in [0.15, 0.2) is 23.0 Å². The molecular weight excluding hydrogens is 252 g/mol. The van der Waals surface area contributed by atoms with Gasteiger partial charge in [0.25, 0.3) is 0 Å². The third kappa shape index (κ3) is 2.12. The minimum Gasteiger partial charge on any atom is -0.381 e. The first-order chi connectivity index (χ1) is 9.69. The molecule has 1 aromatic heterocycles. The van der Waals surface area contributed by atoms with Crippen molar-refractivity contribution in [3.05, 3.63) is 28.7 Å². The van der Waals surface area contributed by atoms with Crippen LogP contribution < -0.4 is 11.0 Å². The molecule has 2 heterocycles. The fourth-order valence-electron chi connectivity index (χ4n) is 3.43. The molecule has 2 atom stereocenters. The van der Waals surface area contributed by atoms with Gasteiger partial charge in [-0.1, -0.05) is 0 Å². The molecule has 1 saturated carbocycles. The van der Waals surface area contributed by atoms with Gasteiger partial charge < -0.3 is 15.3 Å². The van der Waals surface area contributed by atoms with E-state index in [1.54, 1.807) is 0 Å². The minimum atomic E-state index is -0.147. The summed E-state index contributed by atoms with van der Waals surface area (Å²) in [6.45, 7) is 3.46. The monoisotopic (exact) mass is 272 g/mol. The van der Waals surface area contributed by atoms with Gasteiger partial charge in [0.05, 0.1) is 11.0 Å². The Hall–Kier alpha value is -1.75. The Labute approximate surface area is 117 Å². The third-order valence-corrected chi connectivity index (χ3v) is 4.53. The number of hydrogen-bond acceptors (Lipinski definition) is 3. The number of hydrogen-bond donors (Lipinski definition) is 3. The zero-order valence-corrected chi connectivity index (χ0v) is 11.6. The molecule has 0 amide bonds. The van der Waals surface area contributed by atoms with E-state index in [1.807, 2.05) is 18.2 Å². The Morgan fingerprint density at radius 2 is 2.05 bits per heavy atom. The lowest BCUT2D eigenvalue weighted by Crippen LogP contribution is -2.30. The number of nitrogens with zero attached hydrogens (tertiary/aromatic N) is 1. The molecule has 2 aliphatic rings. The molecule has 2 unspecified atom stereocenters. The van der Waals surface area contributed by atoms with E-state index in [4.69, 9.17) is 0 Å². The van der Waals surface area contributed by atoms with Gasteiger partial charge in [-0.2, -0.15) is 0 Å². The number of H-pyrrole nitrogens is 2. The van der Waals surface area contributed by atoms with E-state index < -0.39 is 0 Å². The van der Waals surface area contributed by atoms with Crippen molar-refractivity contribution in [2.24, 2.45) is 0 Å². The summed E-state index contributed by atoms with van der Waals surface area (Å²) >= 11 is 0. The Bertz CT molecular complexity index is 684. The quantitative estimate of drug-likeness (QED) is 0.799. The van der Waals surface area contributed by atoms with E-state index >= 15 is 0 Å². The van der Waals surface area contributed by atoms with Gasteiger partial charge in [0.1, 0.15) is 0 Å². The largest absolute Gasteiger partial charge is 0.381 e. The first-order valence-corrected chi connectivity index (χ1v) is 7.43. The van der Waals surface area contributed by atoms with Crippen molar-refractivity contribution in [3.8, 4) is 0 Å². The van der Waals surface area contributed by atoms with Gasteiger partial charge in [-0.05, 0) is 44.4 Å².